The molecule has 13 aromatic carbocycles. The standard InChI is InChI=1S/C28H21N.2C25H21N.C24H19N/c1-3-11-21-19(8-1)10-7-14-24(21)28(25-17-16-20-9-2-4-12-22(20)25)26-18-29-27-15-6-5-13-23(26)27;2*1-17-10-12-19(13-11-17)25(22-15-14-18-6-2-3-7-20(18)22)23-16-26-24-9-5-4-8-21(23)24;1-2-9-18(10-3-1)24(21-15-14-17-8-4-5-11-19(17)21)22-16-25-23-13-7-6-12-20(22)23/h1-15,17-18,28-29H,16H2;2*2-13,15-16,25-26H,14H2,1H3;1-13,15-16,24-25H,14H2. The Balaban J connectivity index is 0.000000100. The Bertz CT molecular complexity index is 6010. The molecule has 106 heavy (non-hydrogen) atoms. The summed E-state index contributed by atoms with van der Waals surface area (Å²) in [6, 6.07) is 114. The van der Waals surface area contributed by atoms with Gasteiger partial charge in [-0.3, -0.25) is 0 Å². The molecule has 0 fully saturated rings. The molecule has 4 N–H and O–H groups in total. The molecule has 21 rings (SSSR count). The Morgan fingerprint density at radius 1 is 0.217 bits per heavy atom. The van der Waals surface area contributed by atoms with E-state index in [4.69, 9.17) is 0 Å². The fourth-order valence-electron chi connectivity index (χ4n) is 17.4. The Kier molecular flexibility index (Phi) is 17.7. The van der Waals surface area contributed by atoms with Crippen molar-refractivity contribution in [2.24, 2.45) is 0 Å². The van der Waals surface area contributed by atoms with E-state index in [2.05, 4.69) is 398 Å². The molecule has 4 unspecified atom stereocenters. The van der Waals surface area contributed by atoms with Crippen molar-refractivity contribution in [3.05, 3.63) is 465 Å². The zero-order chi connectivity index (χ0) is 70.9. The van der Waals surface area contributed by atoms with Crippen LogP contribution in [0.4, 0.5) is 0 Å². The van der Waals surface area contributed by atoms with Gasteiger partial charge in [-0.15, -0.1) is 0 Å². The number of fused-ring (bicyclic) bond motifs is 9. The summed E-state index contributed by atoms with van der Waals surface area (Å²) in [6.45, 7) is 4.29. The van der Waals surface area contributed by atoms with Gasteiger partial charge in [-0.05, 0) is 186 Å². The zero-order valence-electron chi connectivity index (χ0n) is 59.8. The van der Waals surface area contributed by atoms with Crippen LogP contribution in [-0.4, -0.2) is 19.9 Å². The topological polar surface area (TPSA) is 63.2 Å². The van der Waals surface area contributed by atoms with Crippen LogP contribution in [0.1, 0.15) is 124 Å². The van der Waals surface area contributed by atoms with Crippen LogP contribution in [-0.2, 0) is 25.7 Å². The van der Waals surface area contributed by atoms with Crippen molar-refractivity contribution in [1.29, 1.82) is 0 Å². The molecule has 4 nitrogen and oxygen atoms in total. The van der Waals surface area contributed by atoms with E-state index in [1.807, 2.05) is 0 Å². The van der Waals surface area contributed by atoms with Crippen molar-refractivity contribution in [1.82, 2.24) is 19.9 Å². The highest BCUT2D eigenvalue weighted by Gasteiger charge is 2.32. The Labute approximate surface area is 620 Å². The predicted molar refractivity (Wildman–Crippen MR) is 446 cm³/mol. The summed E-state index contributed by atoms with van der Waals surface area (Å²) in [5.74, 6) is 0.938. The lowest BCUT2D eigenvalue weighted by Crippen LogP contribution is -2.04. The lowest BCUT2D eigenvalue weighted by atomic mass is 9.80. The van der Waals surface area contributed by atoms with Crippen LogP contribution >= 0.6 is 0 Å². The number of rotatable bonds is 12. The summed E-state index contributed by atoms with van der Waals surface area (Å²) in [7, 11) is 0. The quantitative estimate of drug-likeness (QED) is 0.0942. The second-order valence-electron chi connectivity index (χ2n) is 28.8. The lowest BCUT2D eigenvalue weighted by Gasteiger charge is -2.22. The van der Waals surface area contributed by atoms with E-state index in [9.17, 15) is 0 Å². The maximum atomic E-state index is 3.51. The third-order valence-electron chi connectivity index (χ3n) is 22.5. The minimum atomic E-state index is 0.195. The first-order chi connectivity index (χ1) is 52.4. The van der Waals surface area contributed by atoms with E-state index in [0.717, 1.165) is 25.7 Å². The predicted octanol–water partition coefficient (Wildman–Crippen LogP) is 25.5. The van der Waals surface area contributed by atoms with E-state index in [-0.39, 0.29) is 23.7 Å². The summed E-state index contributed by atoms with van der Waals surface area (Å²) >= 11 is 0. The number of benzene rings is 13. The summed E-state index contributed by atoms with van der Waals surface area (Å²) < 4.78 is 0. The molecular formula is C102H82N4. The number of allylic oxidation sites excluding steroid dienone is 8. The van der Waals surface area contributed by atoms with Gasteiger partial charge in [-0.1, -0.05) is 327 Å². The Morgan fingerprint density at radius 2 is 0.491 bits per heavy atom. The number of para-hydroxylation sites is 4. The van der Waals surface area contributed by atoms with Gasteiger partial charge < -0.3 is 19.9 Å². The van der Waals surface area contributed by atoms with Crippen molar-refractivity contribution in [3.8, 4) is 0 Å². The first kappa shape index (κ1) is 65.3. The number of aromatic amines is 4. The van der Waals surface area contributed by atoms with Gasteiger partial charge in [0.15, 0.2) is 0 Å². The van der Waals surface area contributed by atoms with Crippen LogP contribution in [0.3, 0.4) is 0 Å². The molecular weight excluding hydrogens is 1280 g/mol. The number of hydrogen-bond donors (Lipinski definition) is 4. The second kappa shape index (κ2) is 28.8. The highest BCUT2D eigenvalue weighted by Crippen LogP contribution is 2.50. The van der Waals surface area contributed by atoms with Crippen molar-refractivity contribution >= 4 is 76.7 Å². The maximum absolute atomic E-state index is 3.51. The van der Waals surface area contributed by atoms with Crippen LogP contribution in [0.5, 0.6) is 0 Å². The molecule has 4 aliphatic rings. The molecule has 510 valence electrons. The van der Waals surface area contributed by atoms with E-state index < -0.39 is 0 Å². The van der Waals surface area contributed by atoms with Crippen LogP contribution < -0.4 is 0 Å². The molecule has 0 saturated carbocycles. The first-order valence-corrected chi connectivity index (χ1v) is 37.5. The molecule has 0 radical (unpaired) electrons. The van der Waals surface area contributed by atoms with E-state index in [1.165, 1.54) is 177 Å². The molecule has 4 atom stereocenters. The average Bonchev–Trinajstić information content (AvgIpc) is 1.56. The van der Waals surface area contributed by atoms with E-state index in [0.29, 0.717) is 0 Å². The van der Waals surface area contributed by atoms with Crippen molar-refractivity contribution in [3.63, 3.8) is 0 Å². The molecule has 0 amide bonds. The third-order valence-corrected chi connectivity index (χ3v) is 22.5. The minimum absolute atomic E-state index is 0.195. The average molecular weight is 1360 g/mol. The fourth-order valence-corrected chi connectivity index (χ4v) is 17.4. The SMILES string of the molecule is C1=C(C(c2cccc3ccccc23)c2c[nH]c3ccccc23)c2ccccc2C1.C1=C(C(c2ccccc2)c2c[nH]c3ccccc23)c2ccccc2C1.Cc1ccc(C(C2=CCc3ccccc32)c2c[nH]c3ccccc23)cc1.Cc1ccc(C(C2=CCc3ccccc32)c2c[nH]c3ccccc23)cc1. The molecule has 4 aliphatic carbocycles. The van der Waals surface area contributed by atoms with Gasteiger partial charge in [0.05, 0.1) is 0 Å². The molecule has 0 saturated heterocycles. The van der Waals surface area contributed by atoms with Crippen LogP contribution in [0.25, 0.3) is 76.7 Å². The normalized spacial score (nSPS) is 14.2. The number of aryl methyl sites for hydroxylation is 2. The van der Waals surface area contributed by atoms with Gasteiger partial charge in [0.1, 0.15) is 0 Å². The second-order valence-corrected chi connectivity index (χ2v) is 28.8. The first-order valence-electron chi connectivity index (χ1n) is 37.5. The minimum Gasteiger partial charge on any atom is -0.361 e. The molecule has 4 aromatic heterocycles. The zero-order valence-corrected chi connectivity index (χ0v) is 59.8. The van der Waals surface area contributed by atoms with Gasteiger partial charge in [0, 0.05) is 92.1 Å². The highest BCUT2D eigenvalue weighted by molar-refractivity contribution is 5.97. The lowest BCUT2D eigenvalue weighted by molar-refractivity contribution is 1.06. The third kappa shape index (κ3) is 12.5. The van der Waals surface area contributed by atoms with Gasteiger partial charge in [-0.25, -0.2) is 0 Å². The summed E-state index contributed by atoms with van der Waals surface area (Å²) in [6.07, 6.45) is 22.5. The Hall–Kier alpha value is -12.8. The molecule has 4 heteroatoms. The number of H-pyrrole nitrogens is 4. The number of nitrogens with one attached hydrogen (secondary N) is 4. The van der Waals surface area contributed by atoms with Crippen LogP contribution in [0.15, 0.2) is 365 Å². The number of aromatic nitrogens is 4. The molecule has 0 aliphatic heterocycles. The monoisotopic (exact) mass is 1360 g/mol. The van der Waals surface area contributed by atoms with Gasteiger partial charge in [0.25, 0.3) is 0 Å². The van der Waals surface area contributed by atoms with Crippen molar-refractivity contribution in [2.75, 3.05) is 0 Å². The fraction of sp³-hybridized carbons (Fsp3) is 0.0980. The largest absolute Gasteiger partial charge is 0.361 e. The molecule has 0 bridgehead atoms. The van der Waals surface area contributed by atoms with E-state index >= 15 is 0 Å². The van der Waals surface area contributed by atoms with E-state index in [1.54, 1.807) is 0 Å². The maximum Gasteiger partial charge on any atom is 0.0457 e. The van der Waals surface area contributed by atoms with Gasteiger partial charge in [0.2, 0.25) is 0 Å². The Morgan fingerprint density at radius 3 is 0.858 bits per heavy atom. The smallest absolute Gasteiger partial charge is 0.0457 e. The van der Waals surface area contributed by atoms with Crippen LogP contribution in [0.2, 0.25) is 0 Å². The summed E-state index contributed by atoms with van der Waals surface area (Å²) in [5, 5.41) is 7.85. The van der Waals surface area contributed by atoms with Crippen LogP contribution in [0, 0.1) is 13.8 Å². The summed E-state index contributed by atoms with van der Waals surface area (Å²) in [4.78, 5) is 13.9. The van der Waals surface area contributed by atoms with Crippen molar-refractivity contribution < 1.29 is 0 Å². The molecule has 17 aromatic rings. The van der Waals surface area contributed by atoms with Crippen molar-refractivity contribution in [2.45, 2.75) is 63.2 Å². The molecule has 0 spiro atoms. The molecule has 4 heterocycles. The summed E-state index contributed by atoms with van der Waals surface area (Å²) in [5.41, 5.74) is 35.2. The number of hydrogen-bond acceptors (Lipinski definition) is 0. The van der Waals surface area contributed by atoms with Gasteiger partial charge in [-0.2, -0.15) is 0 Å². The highest BCUT2D eigenvalue weighted by atomic mass is 14.7. The van der Waals surface area contributed by atoms with Gasteiger partial charge >= 0.3 is 0 Å².